The molecule has 2 heterocycles. The molecule has 0 fully saturated rings. The molecule has 0 spiro atoms. The summed E-state index contributed by atoms with van der Waals surface area (Å²) in [6, 6.07) is 0. The standard InChI is InChI=1S/C13H17Cl2N5O/c1-8-11(15)9(2)20(17-8)6-4-5-16-13(21)12-10(14)7-19(3)18-12/h7H,4-6H2,1-3H3,(H,16,21). The minimum absolute atomic E-state index is 0.244. The fourth-order valence-corrected chi connectivity index (χ4v) is 2.42. The second-order valence-corrected chi connectivity index (χ2v) is 5.60. The molecule has 2 aromatic heterocycles. The molecule has 8 heteroatoms. The van der Waals surface area contributed by atoms with Gasteiger partial charge in [-0.2, -0.15) is 10.2 Å². The summed E-state index contributed by atoms with van der Waals surface area (Å²) < 4.78 is 3.35. The third-order valence-electron chi connectivity index (χ3n) is 3.12. The van der Waals surface area contributed by atoms with Gasteiger partial charge in [0.2, 0.25) is 0 Å². The molecule has 114 valence electrons. The van der Waals surface area contributed by atoms with Crippen LogP contribution in [0.4, 0.5) is 0 Å². The fourth-order valence-electron chi connectivity index (χ4n) is 2.02. The SMILES string of the molecule is Cc1nn(CCCNC(=O)c2nn(C)cc2Cl)c(C)c1Cl. The van der Waals surface area contributed by atoms with E-state index in [0.29, 0.717) is 23.1 Å². The van der Waals surface area contributed by atoms with E-state index in [9.17, 15) is 4.79 Å². The lowest BCUT2D eigenvalue weighted by Gasteiger charge is -2.06. The average Bonchev–Trinajstić information content (AvgIpc) is 2.89. The number of aryl methyl sites for hydroxylation is 3. The maximum atomic E-state index is 11.9. The number of carbonyl (C=O) groups excluding carboxylic acids is 1. The van der Waals surface area contributed by atoms with Gasteiger partial charge >= 0.3 is 0 Å². The Morgan fingerprint density at radius 3 is 2.57 bits per heavy atom. The van der Waals surface area contributed by atoms with Crippen molar-refractivity contribution in [1.82, 2.24) is 24.9 Å². The highest BCUT2D eigenvalue weighted by molar-refractivity contribution is 6.33. The highest BCUT2D eigenvalue weighted by Gasteiger charge is 2.14. The van der Waals surface area contributed by atoms with E-state index in [1.165, 1.54) is 4.68 Å². The van der Waals surface area contributed by atoms with Gasteiger partial charge in [0, 0.05) is 26.3 Å². The van der Waals surface area contributed by atoms with Crippen molar-refractivity contribution in [1.29, 1.82) is 0 Å². The third-order valence-corrected chi connectivity index (χ3v) is 3.95. The van der Waals surface area contributed by atoms with Gasteiger partial charge in [-0.3, -0.25) is 14.2 Å². The Bertz CT molecular complexity index is 662. The first-order valence-electron chi connectivity index (χ1n) is 6.57. The molecule has 2 rings (SSSR count). The molecule has 0 aliphatic carbocycles. The summed E-state index contributed by atoms with van der Waals surface area (Å²) in [6.07, 6.45) is 2.34. The first kappa shape index (κ1) is 15.9. The molecule has 0 aliphatic heterocycles. The number of carbonyl (C=O) groups is 1. The van der Waals surface area contributed by atoms with Gasteiger partial charge in [-0.25, -0.2) is 0 Å². The van der Waals surface area contributed by atoms with Crippen LogP contribution in [0.15, 0.2) is 6.20 Å². The molecule has 21 heavy (non-hydrogen) atoms. The van der Waals surface area contributed by atoms with Crippen molar-refractivity contribution >= 4 is 29.1 Å². The molecule has 0 unspecified atom stereocenters. The van der Waals surface area contributed by atoms with Crippen molar-refractivity contribution in [3.8, 4) is 0 Å². The summed E-state index contributed by atoms with van der Waals surface area (Å²) in [7, 11) is 1.72. The first-order chi connectivity index (χ1) is 9.90. The molecule has 1 amide bonds. The highest BCUT2D eigenvalue weighted by Crippen LogP contribution is 2.18. The predicted molar refractivity (Wildman–Crippen MR) is 81.9 cm³/mol. The molecule has 0 aliphatic rings. The van der Waals surface area contributed by atoms with E-state index in [4.69, 9.17) is 23.2 Å². The van der Waals surface area contributed by atoms with E-state index >= 15 is 0 Å². The second kappa shape index (κ2) is 6.49. The monoisotopic (exact) mass is 329 g/mol. The van der Waals surface area contributed by atoms with Crippen LogP contribution < -0.4 is 5.32 Å². The molecule has 0 atom stereocenters. The number of nitrogens with one attached hydrogen (secondary N) is 1. The zero-order chi connectivity index (χ0) is 15.6. The van der Waals surface area contributed by atoms with E-state index in [1.807, 2.05) is 18.5 Å². The summed E-state index contributed by atoms with van der Waals surface area (Å²) in [6.45, 7) is 5.00. The van der Waals surface area contributed by atoms with Crippen LogP contribution in [-0.2, 0) is 13.6 Å². The van der Waals surface area contributed by atoms with Crippen LogP contribution >= 0.6 is 23.2 Å². The van der Waals surface area contributed by atoms with Crippen LogP contribution in [0.3, 0.4) is 0 Å². The smallest absolute Gasteiger partial charge is 0.273 e. The number of hydrogen-bond donors (Lipinski definition) is 1. The normalized spacial score (nSPS) is 10.9. The topological polar surface area (TPSA) is 64.7 Å². The Balaban J connectivity index is 1.83. The van der Waals surface area contributed by atoms with Gasteiger partial charge in [0.1, 0.15) is 0 Å². The minimum Gasteiger partial charge on any atom is -0.351 e. The van der Waals surface area contributed by atoms with Crippen LogP contribution in [0.2, 0.25) is 10.0 Å². The number of amides is 1. The lowest BCUT2D eigenvalue weighted by Crippen LogP contribution is -2.26. The van der Waals surface area contributed by atoms with Gasteiger partial charge in [-0.1, -0.05) is 23.2 Å². The summed E-state index contributed by atoms with van der Waals surface area (Å²) in [5.41, 5.74) is 2.00. The van der Waals surface area contributed by atoms with Crippen molar-refractivity contribution in [3.05, 3.63) is 33.3 Å². The predicted octanol–water partition coefficient (Wildman–Crippen LogP) is 2.36. The maximum absolute atomic E-state index is 11.9. The van der Waals surface area contributed by atoms with Crippen molar-refractivity contribution < 1.29 is 4.79 Å². The van der Waals surface area contributed by atoms with Crippen molar-refractivity contribution in [3.63, 3.8) is 0 Å². The Labute approximate surface area is 133 Å². The van der Waals surface area contributed by atoms with Gasteiger partial charge in [-0.05, 0) is 20.3 Å². The quantitative estimate of drug-likeness (QED) is 0.856. The summed E-state index contributed by atoms with van der Waals surface area (Å²) in [5.74, 6) is -0.271. The maximum Gasteiger partial charge on any atom is 0.273 e. The van der Waals surface area contributed by atoms with E-state index in [2.05, 4.69) is 15.5 Å². The zero-order valence-electron chi connectivity index (χ0n) is 12.2. The van der Waals surface area contributed by atoms with Crippen LogP contribution in [0.25, 0.3) is 0 Å². The van der Waals surface area contributed by atoms with Crippen LogP contribution in [0, 0.1) is 13.8 Å². The molecule has 0 saturated heterocycles. The Hall–Kier alpha value is -1.53. The average molecular weight is 330 g/mol. The van der Waals surface area contributed by atoms with Crippen LogP contribution in [0.5, 0.6) is 0 Å². The molecule has 0 aromatic carbocycles. The van der Waals surface area contributed by atoms with Crippen LogP contribution in [0.1, 0.15) is 28.3 Å². The Kier molecular flexibility index (Phi) is 4.90. The molecule has 1 N–H and O–H groups in total. The minimum atomic E-state index is -0.271. The molecule has 2 aromatic rings. The molecular formula is C13H17Cl2N5O. The van der Waals surface area contributed by atoms with Gasteiger partial charge in [0.15, 0.2) is 5.69 Å². The van der Waals surface area contributed by atoms with E-state index in [1.54, 1.807) is 13.2 Å². The van der Waals surface area contributed by atoms with Gasteiger partial charge in [-0.15, -0.1) is 0 Å². The molecule has 0 saturated carbocycles. The fraction of sp³-hybridized carbons (Fsp3) is 0.462. The summed E-state index contributed by atoms with van der Waals surface area (Å²) in [5, 5.41) is 12.2. The van der Waals surface area contributed by atoms with E-state index in [-0.39, 0.29) is 11.6 Å². The van der Waals surface area contributed by atoms with Gasteiger partial charge in [0.25, 0.3) is 5.91 Å². The molecule has 0 bridgehead atoms. The Morgan fingerprint density at radius 1 is 1.33 bits per heavy atom. The molecular weight excluding hydrogens is 313 g/mol. The highest BCUT2D eigenvalue weighted by atomic mass is 35.5. The second-order valence-electron chi connectivity index (χ2n) is 4.82. The molecule has 6 nitrogen and oxygen atoms in total. The number of halogens is 2. The van der Waals surface area contributed by atoms with E-state index < -0.39 is 0 Å². The third kappa shape index (κ3) is 3.57. The summed E-state index contributed by atoms with van der Waals surface area (Å²) >= 11 is 12.0. The number of aromatic nitrogens is 4. The number of hydrogen-bond acceptors (Lipinski definition) is 3. The lowest BCUT2D eigenvalue weighted by molar-refractivity contribution is 0.0947. The van der Waals surface area contributed by atoms with Crippen molar-refractivity contribution in [2.45, 2.75) is 26.8 Å². The lowest BCUT2D eigenvalue weighted by atomic mass is 10.3. The Morgan fingerprint density at radius 2 is 2.05 bits per heavy atom. The van der Waals surface area contributed by atoms with Crippen LogP contribution in [-0.4, -0.2) is 32.0 Å². The van der Waals surface area contributed by atoms with Gasteiger partial charge < -0.3 is 5.32 Å². The largest absolute Gasteiger partial charge is 0.351 e. The number of rotatable bonds is 5. The zero-order valence-corrected chi connectivity index (χ0v) is 13.7. The first-order valence-corrected chi connectivity index (χ1v) is 7.32. The number of nitrogens with zero attached hydrogens (tertiary/aromatic N) is 4. The van der Waals surface area contributed by atoms with Crippen molar-refractivity contribution in [2.24, 2.45) is 7.05 Å². The summed E-state index contributed by atoms with van der Waals surface area (Å²) in [4.78, 5) is 11.9. The van der Waals surface area contributed by atoms with Crippen molar-refractivity contribution in [2.75, 3.05) is 6.54 Å². The van der Waals surface area contributed by atoms with Gasteiger partial charge in [0.05, 0.1) is 21.4 Å². The van der Waals surface area contributed by atoms with E-state index in [0.717, 1.165) is 17.8 Å². The molecule has 0 radical (unpaired) electrons.